The van der Waals surface area contributed by atoms with Crippen LogP contribution in [0.5, 0.6) is 0 Å². The molecule has 0 unspecified atom stereocenters. The molecule has 0 spiro atoms. The number of hydrogen-bond donors (Lipinski definition) is 1. The number of hydrogen-bond acceptors (Lipinski definition) is 4. The zero-order valence-electron chi connectivity index (χ0n) is 9.41. The fraction of sp³-hybridized carbons (Fsp3) is 0.182. The molecule has 18 heavy (non-hydrogen) atoms. The highest BCUT2D eigenvalue weighted by Crippen LogP contribution is 2.18. The topological polar surface area (TPSA) is 54.9 Å². The lowest BCUT2D eigenvalue weighted by atomic mass is 10.2. The number of carbonyl (C=O) groups excluding carboxylic acids is 1. The molecule has 0 fully saturated rings. The Balaban J connectivity index is 2.05. The number of aryl methyl sites for hydroxylation is 1. The molecule has 2 aromatic rings. The van der Waals surface area contributed by atoms with E-state index in [1.54, 1.807) is 23.6 Å². The van der Waals surface area contributed by atoms with E-state index in [-0.39, 0.29) is 11.1 Å². The maximum atomic E-state index is 11.9. The van der Waals surface area contributed by atoms with Crippen LogP contribution < -0.4 is 5.32 Å². The predicted octanol–water partition coefficient (Wildman–Crippen LogP) is 3.19. The van der Waals surface area contributed by atoms with Crippen molar-refractivity contribution < 1.29 is 4.79 Å². The first-order chi connectivity index (χ1) is 8.56. The van der Waals surface area contributed by atoms with Gasteiger partial charge in [0.2, 0.25) is 0 Å². The second kappa shape index (κ2) is 5.77. The SMILES string of the molecule is Cc1nc(CNC(=O)c2cc(Br)cnc2Cl)cs1. The van der Waals surface area contributed by atoms with Crippen molar-refractivity contribution in [3.8, 4) is 0 Å². The van der Waals surface area contributed by atoms with Crippen LogP contribution in [0.2, 0.25) is 5.15 Å². The first-order valence-electron chi connectivity index (χ1n) is 5.06. The lowest BCUT2D eigenvalue weighted by Gasteiger charge is -2.05. The van der Waals surface area contributed by atoms with Crippen LogP contribution in [-0.2, 0) is 6.54 Å². The lowest BCUT2D eigenvalue weighted by Crippen LogP contribution is -2.23. The Kier molecular flexibility index (Phi) is 4.31. The van der Waals surface area contributed by atoms with Gasteiger partial charge in [-0.05, 0) is 28.9 Å². The summed E-state index contributed by atoms with van der Waals surface area (Å²) >= 11 is 10.7. The Hall–Kier alpha value is -0.980. The summed E-state index contributed by atoms with van der Waals surface area (Å²) in [7, 11) is 0. The van der Waals surface area contributed by atoms with Crippen molar-refractivity contribution in [2.24, 2.45) is 0 Å². The minimum atomic E-state index is -0.264. The van der Waals surface area contributed by atoms with Crippen LogP contribution in [0.15, 0.2) is 22.1 Å². The maximum Gasteiger partial charge on any atom is 0.254 e. The van der Waals surface area contributed by atoms with Crippen molar-refractivity contribution in [1.82, 2.24) is 15.3 Å². The van der Waals surface area contributed by atoms with E-state index in [9.17, 15) is 4.79 Å². The number of rotatable bonds is 3. The molecule has 2 rings (SSSR count). The zero-order valence-corrected chi connectivity index (χ0v) is 12.6. The van der Waals surface area contributed by atoms with Crippen LogP contribution in [0.25, 0.3) is 0 Å². The van der Waals surface area contributed by atoms with Crippen LogP contribution >= 0.6 is 38.9 Å². The summed E-state index contributed by atoms with van der Waals surface area (Å²) in [5, 5.41) is 5.83. The molecule has 4 nitrogen and oxygen atoms in total. The molecule has 7 heteroatoms. The Bertz CT molecular complexity index is 587. The van der Waals surface area contributed by atoms with E-state index in [1.165, 1.54) is 0 Å². The summed E-state index contributed by atoms with van der Waals surface area (Å²) in [6, 6.07) is 1.64. The first kappa shape index (κ1) is 13.5. The fourth-order valence-corrected chi connectivity index (χ4v) is 2.47. The molecule has 0 radical (unpaired) electrons. The average Bonchev–Trinajstić information content (AvgIpc) is 2.75. The van der Waals surface area contributed by atoms with Gasteiger partial charge in [0.1, 0.15) is 5.15 Å². The van der Waals surface area contributed by atoms with Gasteiger partial charge in [-0.3, -0.25) is 4.79 Å². The molecule has 0 atom stereocenters. The molecule has 94 valence electrons. The third-order valence-electron chi connectivity index (χ3n) is 2.15. The van der Waals surface area contributed by atoms with Gasteiger partial charge in [-0.15, -0.1) is 11.3 Å². The predicted molar refractivity (Wildman–Crippen MR) is 75.0 cm³/mol. The van der Waals surface area contributed by atoms with Crippen molar-refractivity contribution in [1.29, 1.82) is 0 Å². The highest BCUT2D eigenvalue weighted by molar-refractivity contribution is 9.10. The van der Waals surface area contributed by atoms with Crippen LogP contribution in [0.3, 0.4) is 0 Å². The zero-order chi connectivity index (χ0) is 13.1. The van der Waals surface area contributed by atoms with Crippen LogP contribution in [-0.4, -0.2) is 15.9 Å². The number of thiazole rings is 1. The van der Waals surface area contributed by atoms with E-state index in [1.807, 2.05) is 12.3 Å². The molecular weight excluding hydrogens is 338 g/mol. The summed E-state index contributed by atoms with van der Waals surface area (Å²) < 4.78 is 0.710. The van der Waals surface area contributed by atoms with Crippen molar-refractivity contribution in [3.05, 3.63) is 43.5 Å². The number of aromatic nitrogens is 2. The number of nitrogens with one attached hydrogen (secondary N) is 1. The second-order valence-corrected chi connectivity index (χ2v) is 5.87. The van der Waals surface area contributed by atoms with Gasteiger partial charge < -0.3 is 5.32 Å². The summed E-state index contributed by atoms with van der Waals surface area (Å²) in [4.78, 5) is 20.1. The first-order valence-corrected chi connectivity index (χ1v) is 7.11. The smallest absolute Gasteiger partial charge is 0.254 e. The molecule has 0 aromatic carbocycles. The molecule has 2 aromatic heterocycles. The minimum Gasteiger partial charge on any atom is -0.346 e. The number of nitrogens with zero attached hydrogens (tertiary/aromatic N) is 2. The fourth-order valence-electron chi connectivity index (χ4n) is 1.34. The van der Waals surface area contributed by atoms with Gasteiger partial charge in [0.05, 0.1) is 22.8 Å². The van der Waals surface area contributed by atoms with Gasteiger partial charge >= 0.3 is 0 Å². The third-order valence-corrected chi connectivity index (χ3v) is 3.70. The molecule has 2 heterocycles. The average molecular weight is 347 g/mol. The highest BCUT2D eigenvalue weighted by Gasteiger charge is 2.12. The molecular formula is C11H9BrClN3OS. The number of halogens is 2. The summed E-state index contributed by atoms with van der Waals surface area (Å²) in [5.41, 5.74) is 1.18. The summed E-state index contributed by atoms with van der Waals surface area (Å²) in [6.07, 6.45) is 1.54. The monoisotopic (exact) mass is 345 g/mol. The number of carbonyl (C=O) groups is 1. The second-order valence-electron chi connectivity index (χ2n) is 3.53. The van der Waals surface area contributed by atoms with Crippen molar-refractivity contribution in [2.75, 3.05) is 0 Å². The quantitative estimate of drug-likeness (QED) is 0.868. The Morgan fingerprint density at radius 1 is 1.61 bits per heavy atom. The summed E-state index contributed by atoms with van der Waals surface area (Å²) in [6.45, 7) is 2.30. The standard InChI is InChI=1S/C11H9BrClN3OS/c1-6-16-8(5-18-6)4-15-11(17)9-2-7(12)3-14-10(9)13/h2-3,5H,4H2,1H3,(H,15,17). The van der Waals surface area contributed by atoms with Crippen molar-refractivity contribution >= 4 is 44.8 Å². The highest BCUT2D eigenvalue weighted by atomic mass is 79.9. The maximum absolute atomic E-state index is 11.9. The lowest BCUT2D eigenvalue weighted by molar-refractivity contribution is 0.0950. The van der Waals surface area contributed by atoms with Crippen molar-refractivity contribution in [2.45, 2.75) is 13.5 Å². The van der Waals surface area contributed by atoms with Crippen molar-refractivity contribution in [3.63, 3.8) is 0 Å². The van der Waals surface area contributed by atoms with Gasteiger partial charge in [0, 0.05) is 16.0 Å². The molecule has 0 aliphatic rings. The Labute approximate surface area is 122 Å². The number of pyridine rings is 1. The Morgan fingerprint density at radius 3 is 3.06 bits per heavy atom. The van der Waals surface area contributed by atoms with Gasteiger partial charge in [-0.1, -0.05) is 11.6 Å². The molecule has 0 saturated heterocycles. The third kappa shape index (κ3) is 3.28. The van der Waals surface area contributed by atoms with Crippen LogP contribution in [0, 0.1) is 6.92 Å². The van der Waals surface area contributed by atoms with E-state index >= 15 is 0 Å². The molecule has 1 N–H and O–H groups in total. The molecule has 0 aliphatic carbocycles. The van der Waals surface area contributed by atoms with Gasteiger partial charge in [-0.2, -0.15) is 0 Å². The van der Waals surface area contributed by atoms with Gasteiger partial charge in [0.15, 0.2) is 0 Å². The Morgan fingerprint density at radius 2 is 2.39 bits per heavy atom. The van der Waals surface area contributed by atoms with Gasteiger partial charge in [-0.25, -0.2) is 9.97 Å². The van der Waals surface area contributed by atoms with E-state index in [0.717, 1.165) is 10.7 Å². The molecule has 0 bridgehead atoms. The summed E-state index contributed by atoms with van der Waals surface area (Å²) in [5.74, 6) is -0.264. The minimum absolute atomic E-state index is 0.185. The van der Waals surface area contributed by atoms with Crippen LogP contribution in [0.4, 0.5) is 0 Å². The normalized spacial score (nSPS) is 10.4. The van der Waals surface area contributed by atoms with E-state index in [0.29, 0.717) is 16.6 Å². The number of amides is 1. The molecule has 1 amide bonds. The largest absolute Gasteiger partial charge is 0.346 e. The van der Waals surface area contributed by atoms with E-state index in [2.05, 4.69) is 31.2 Å². The van der Waals surface area contributed by atoms with Gasteiger partial charge in [0.25, 0.3) is 5.91 Å². The van der Waals surface area contributed by atoms with E-state index < -0.39 is 0 Å². The van der Waals surface area contributed by atoms with E-state index in [4.69, 9.17) is 11.6 Å². The van der Waals surface area contributed by atoms with Crippen LogP contribution in [0.1, 0.15) is 21.1 Å². The molecule has 0 saturated carbocycles. The molecule has 0 aliphatic heterocycles.